The molecule has 0 amide bonds. The first-order chi connectivity index (χ1) is 12.9. The number of hydrogen-bond donors (Lipinski definition) is 0. The molecule has 134 valence electrons. The Balaban J connectivity index is 1.25. The van der Waals surface area contributed by atoms with Gasteiger partial charge in [-0.25, -0.2) is 15.0 Å². The number of anilines is 1. The molecule has 0 atom stereocenters. The van der Waals surface area contributed by atoms with Crippen LogP contribution >= 0.6 is 0 Å². The number of imidazole rings is 1. The quantitative estimate of drug-likeness (QED) is 0.716. The van der Waals surface area contributed by atoms with Gasteiger partial charge >= 0.3 is 0 Å². The highest BCUT2D eigenvalue weighted by atomic mass is 16.5. The van der Waals surface area contributed by atoms with Crippen LogP contribution in [0.3, 0.4) is 0 Å². The van der Waals surface area contributed by atoms with Crippen molar-refractivity contribution in [2.45, 2.75) is 19.7 Å². The minimum Gasteiger partial charge on any atom is -0.372 e. The normalized spacial score (nSPS) is 18.2. The molecule has 7 nitrogen and oxygen atoms in total. The van der Waals surface area contributed by atoms with Gasteiger partial charge in [-0.3, -0.25) is 4.90 Å². The van der Waals surface area contributed by atoms with E-state index in [9.17, 15) is 0 Å². The standard InChI is InChI=1S/C19H22N6O/c1-2-18-15(10-20-14-22-18)9-16(1)24-5-3-23(4-6-24)12-17-11-21-19-13-26-8-7-25(17)19/h1-2,9-11,14H,3-8,12-13H2. The molecule has 0 unspecified atom stereocenters. The zero-order valence-corrected chi connectivity index (χ0v) is 14.7. The summed E-state index contributed by atoms with van der Waals surface area (Å²) in [6, 6.07) is 6.44. The Labute approximate surface area is 152 Å². The van der Waals surface area contributed by atoms with Crippen molar-refractivity contribution >= 4 is 16.6 Å². The fourth-order valence-corrected chi connectivity index (χ4v) is 3.85. The SMILES string of the molecule is c1ncc2cc(N3CCN(Cc4cnc5n4CCOC5)CC3)ccc2n1. The van der Waals surface area contributed by atoms with Crippen molar-refractivity contribution in [3.8, 4) is 0 Å². The Hall–Kier alpha value is -2.51. The maximum Gasteiger partial charge on any atom is 0.135 e. The van der Waals surface area contributed by atoms with Crippen molar-refractivity contribution in [1.82, 2.24) is 24.4 Å². The summed E-state index contributed by atoms with van der Waals surface area (Å²) < 4.78 is 7.80. The van der Waals surface area contributed by atoms with E-state index in [4.69, 9.17) is 4.74 Å². The van der Waals surface area contributed by atoms with Gasteiger partial charge in [0, 0.05) is 62.7 Å². The molecule has 2 aliphatic rings. The second kappa shape index (κ2) is 6.66. The number of ether oxygens (including phenoxy) is 1. The van der Waals surface area contributed by atoms with Gasteiger partial charge in [-0.15, -0.1) is 0 Å². The van der Waals surface area contributed by atoms with E-state index >= 15 is 0 Å². The van der Waals surface area contributed by atoms with Gasteiger partial charge in [0.25, 0.3) is 0 Å². The van der Waals surface area contributed by atoms with E-state index in [2.05, 4.69) is 47.5 Å². The topological polar surface area (TPSA) is 59.3 Å². The third kappa shape index (κ3) is 2.93. The van der Waals surface area contributed by atoms with E-state index in [0.717, 1.165) is 62.6 Å². The van der Waals surface area contributed by atoms with Crippen molar-refractivity contribution in [3.05, 3.63) is 48.4 Å². The van der Waals surface area contributed by atoms with Crippen LogP contribution < -0.4 is 4.90 Å². The highest BCUT2D eigenvalue weighted by Gasteiger charge is 2.21. The predicted molar refractivity (Wildman–Crippen MR) is 98.9 cm³/mol. The van der Waals surface area contributed by atoms with Crippen LogP contribution in [0.1, 0.15) is 11.5 Å². The molecule has 0 saturated carbocycles. The van der Waals surface area contributed by atoms with Gasteiger partial charge < -0.3 is 14.2 Å². The Bertz CT molecular complexity index is 915. The molecule has 3 aromatic rings. The first-order valence-corrected chi connectivity index (χ1v) is 9.15. The third-order valence-corrected chi connectivity index (χ3v) is 5.32. The lowest BCUT2D eigenvalue weighted by Crippen LogP contribution is -2.46. The molecule has 4 heterocycles. The molecule has 2 aromatic heterocycles. The van der Waals surface area contributed by atoms with Crippen LogP contribution in [-0.2, 0) is 24.4 Å². The zero-order chi connectivity index (χ0) is 17.3. The van der Waals surface area contributed by atoms with Crippen LogP contribution in [0.2, 0.25) is 0 Å². The summed E-state index contributed by atoms with van der Waals surface area (Å²) >= 11 is 0. The number of benzene rings is 1. The monoisotopic (exact) mass is 350 g/mol. The highest BCUT2D eigenvalue weighted by molar-refractivity contribution is 5.81. The number of hydrogen-bond acceptors (Lipinski definition) is 6. The zero-order valence-electron chi connectivity index (χ0n) is 14.7. The molecule has 0 N–H and O–H groups in total. The van der Waals surface area contributed by atoms with Crippen molar-refractivity contribution in [2.75, 3.05) is 37.7 Å². The minimum absolute atomic E-state index is 0.638. The lowest BCUT2D eigenvalue weighted by Gasteiger charge is -2.36. The maximum absolute atomic E-state index is 5.48. The van der Waals surface area contributed by atoms with E-state index in [1.807, 2.05) is 12.4 Å². The van der Waals surface area contributed by atoms with Gasteiger partial charge in [-0.2, -0.15) is 0 Å². The van der Waals surface area contributed by atoms with Crippen LogP contribution in [0.4, 0.5) is 5.69 Å². The van der Waals surface area contributed by atoms with Crippen molar-refractivity contribution < 1.29 is 4.74 Å². The minimum atomic E-state index is 0.638. The number of aromatic nitrogens is 4. The van der Waals surface area contributed by atoms with E-state index in [-0.39, 0.29) is 0 Å². The van der Waals surface area contributed by atoms with Crippen LogP contribution in [0.15, 0.2) is 36.9 Å². The van der Waals surface area contributed by atoms with Gasteiger partial charge in [0.05, 0.1) is 17.8 Å². The molecule has 1 fully saturated rings. The maximum atomic E-state index is 5.48. The molecular formula is C19H22N6O. The molecule has 0 spiro atoms. The van der Waals surface area contributed by atoms with Crippen molar-refractivity contribution in [2.24, 2.45) is 0 Å². The van der Waals surface area contributed by atoms with E-state index < -0.39 is 0 Å². The predicted octanol–water partition coefficient (Wildman–Crippen LogP) is 1.68. The molecular weight excluding hydrogens is 328 g/mol. The Kier molecular flexibility index (Phi) is 4.03. The molecule has 0 aliphatic carbocycles. The summed E-state index contributed by atoms with van der Waals surface area (Å²) in [5.74, 6) is 1.06. The molecule has 26 heavy (non-hydrogen) atoms. The van der Waals surface area contributed by atoms with E-state index in [1.54, 1.807) is 6.33 Å². The first-order valence-electron chi connectivity index (χ1n) is 9.15. The molecule has 7 heteroatoms. The summed E-state index contributed by atoms with van der Waals surface area (Å²) in [6.07, 6.45) is 5.50. The number of rotatable bonds is 3. The van der Waals surface area contributed by atoms with Gasteiger partial charge in [-0.05, 0) is 18.2 Å². The van der Waals surface area contributed by atoms with Crippen LogP contribution in [0, 0.1) is 0 Å². The molecule has 2 aliphatic heterocycles. The van der Waals surface area contributed by atoms with Crippen molar-refractivity contribution in [1.29, 1.82) is 0 Å². The van der Waals surface area contributed by atoms with Gasteiger partial charge in [-0.1, -0.05) is 0 Å². The second-order valence-electron chi connectivity index (χ2n) is 6.90. The van der Waals surface area contributed by atoms with Crippen LogP contribution in [0.25, 0.3) is 10.9 Å². The summed E-state index contributed by atoms with van der Waals surface area (Å²) in [6.45, 7) is 7.48. The average molecular weight is 350 g/mol. The third-order valence-electron chi connectivity index (χ3n) is 5.32. The summed E-state index contributed by atoms with van der Waals surface area (Å²) in [5, 5.41) is 1.10. The average Bonchev–Trinajstić information content (AvgIpc) is 3.11. The summed E-state index contributed by atoms with van der Waals surface area (Å²) in [5.41, 5.74) is 3.56. The fourth-order valence-electron chi connectivity index (χ4n) is 3.85. The Morgan fingerprint density at radius 2 is 1.92 bits per heavy atom. The number of piperazine rings is 1. The largest absolute Gasteiger partial charge is 0.372 e. The molecule has 1 aromatic carbocycles. The molecule has 0 bridgehead atoms. The highest BCUT2D eigenvalue weighted by Crippen LogP contribution is 2.22. The van der Waals surface area contributed by atoms with E-state index in [1.165, 1.54) is 11.4 Å². The number of fused-ring (bicyclic) bond motifs is 2. The van der Waals surface area contributed by atoms with Crippen LogP contribution in [0.5, 0.6) is 0 Å². The molecule has 0 radical (unpaired) electrons. The Morgan fingerprint density at radius 3 is 2.85 bits per heavy atom. The van der Waals surface area contributed by atoms with Gasteiger partial charge in [0.1, 0.15) is 18.8 Å². The first kappa shape index (κ1) is 15.7. The Morgan fingerprint density at radius 1 is 1.00 bits per heavy atom. The van der Waals surface area contributed by atoms with Gasteiger partial charge in [0.2, 0.25) is 0 Å². The van der Waals surface area contributed by atoms with E-state index in [0.29, 0.717) is 6.61 Å². The fraction of sp³-hybridized carbons (Fsp3) is 0.421. The lowest BCUT2D eigenvalue weighted by atomic mass is 10.2. The smallest absolute Gasteiger partial charge is 0.135 e. The summed E-state index contributed by atoms with van der Waals surface area (Å²) in [4.78, 5) is 17.9. The lowest BCUT2D eigenvalue weighted by molar-refractivity contribution is 0.0795. The second-order valence-corrected chi connectivity index (χ2v) is 6.90. The van der Waals surface area contributed by atoms with Gasteiger partial charge in [0.15, 0.2) is 0 Å². The van der Waals surface area contributed by atoms with Crippen LogP contribution in [-0.4, -0.2) is 57.2 Å². The summed E-state index contributed by atoms with van der Waals surface area (Å²) in [7, 11) is 0. The number of nitrogens with zero attached hydrogens (tertiary/aromatic N) is 6. The molecule has 1 saturated heterocycles. The molecule has 5 rings (SSSR count). The van der Waals surface area contributed by atoms with Crippen molar-refractivity contribution in [3.63, 3.8) is 0 Å².